The van der Waals surface area contributed by atoms with Crippen molar-refractivity contribution in [3.8, 4) is 11.8 Å². The first-order valence-corrected chi connectivity index (χ1v) is 10.9. The Bertz CT molecular complexity index is 749. The van der Waals surface area contributed by atoms with Crippen molar-refractivity contribution in [2.24, 2.45) is 23.0 Å². The van der Waals surface area contributed by atoms with E-state index in [4.69, 9.17) is 15.7 Å². The van der Waals surface area contributed by atoms with E-state index in [2.05, 4.69) is 17.9 Å². The summed E-state index contributed by atoms with van der Waals surface area (Å²) in [5.74, 6) is 0.492. The Morgan fingerprint density at radius 3 is 2.66 bits per heavy atom. The lowest BCUT2D eigenvalue weighted by molar-refractivity contribution is -0.0399. The molecule has 0 aromatic heterocycles. The molecule has 0 unspecified atom stereocenters. The van der Waals surface area contributed by atoms with Crippen LogP contribution >= 0.6 is 0 Å². The number of likely N-dealkylation sites (tertiary alicyclic amines) is 1. The van der Waals surface area contributed by atoms with Crippen molar-refractivity contribution in [2.75, 3.05) is 13.1 Å². The van der Waals surface area contributed by atoms with Crippen LogP contribution < -0.4 is 10.5 Å². The second kappa shape index (κ2) is 8.20. The number of hydrogen-bond donors (Lipinski definition) is 1. The van der Waals surface area contributed by atoms with Gasteiger partial charge in [-0.3, -0.25) is 4.90 Å². The Morgan fingerprint density at radius 1 is 1.24 bits per heavy atom. The van der Waals surface area contributed by atoms with Gasteiger partial charge in [-0.1, -0.05) is 6.92 Å². The summed E-state index contributed by atoms with van der Waals surface area (Å²) in [4.78, 5) is 2.45. The topological polar surface area (TPSA) is 62.3 Å². The lowest BCUT2D eigenvalue weighted by atomic mass is 9.65. The van der Waals surface area contributed by atoms with Gasteiger partial charge in [0.2, 0.25) is 6.43 Å². The molecule has 6 atom stereocenters. The van der Waals surface area contributed by atoms with Crippen LogP contribution in [0.4, 0.5) is 8.78 Å². The summed E-state index contributed by atoms with van der Waals surface area (Å²) in [7, 11) is 0. The predicted octanol–water partition coefficient (Wildman–Crippen LogP) is 4.19. The number of nitrogens with zero attached hydrogens (tertiary/aromatic N) is 2. The molecule has 0 amide bonds. The van der Waals surface area contributed by atoms with Gasteiger partial charge in [0.05, 0.1) is 11.6 Å². The average molecular weight is 404 g/mol. The second-order valence-electron chi connectivity index (χ2n) is 9.45. The maximum Gasteiger partial charge on any atom is 0.241 e. The molecule has 0 bridgehead atoms. The van der Waals surface area contributed by atoms with Crippen molar-refractivity contribution in [1.82, 2.24) is 4.90 Å². The van der Waals surface area contributed by atoms with E-state index in [0.29, 0.717) is 18.4 Å². The highest BCUT2D eigenvalue weighted by Crippen LogP contribution is 2.56. The number of fused-ring (bicyclic) bond motifs is 1. The van der Waals surface area contributed by atoms with Gasteiger partial charge in [-0.15, -0.1) is 0 Å². The minimum atomic E-state index is -2.24. The van der Waals surface area contributed by atoms with E-state index in [1.807, 2.05) is 12.1 Å². The SMILES string of the molecule is C[C@]12CC[C@H](C(F)F)C[C@H]1C[C@@H](N1CCC[C@@H](N)C1)[C@@H]2Oc1ccc(C#N)cc1. The van der Waals surface area contributed by atoms with E-state index in [1.54, 1.807) is 12.1 Å². The van der Waals surface area contributed by atoms with Crippen LogP contribution in [0.15, 0.2) is 24.3 Å². The molecule has 2 saturated carbocycles. The Kier molecular flexibility index (Phi) is 5.81. The second-order valence-corrected chi connectivity index (χ2v) is 9.45. The maximum absolute atomic E-state index is 13.4. The van der Waals surface area contributed by atoms with Crippen LogP contribution in [0.2, 0.25) is 0 Å². The number of rotatable bonds is 4. The van der Waals surface area contributed by atoms with Crippen LogP contribution in [-0.4, -0.2) is 42.6 Å². The zero-order chi connectivity index (χ0) is 20.6. The first-order valence-electron chi connectivity index (χ1n) is 10.9. The monoisotopic (exact) mass is 403 g/mol. The van der Waals surface area contributed by atoms with Crippen molar-refractivity contribution in [3.05, 3.63) is 29.8 Å². The molecule has 1 heterocycles. The molecule has 4 nitrogen and oxygen atoms in total. The number of piperidine rings is 1. The number of ether oxygens (including phenoxy) is 1. The summed E-state index contributed by atoms with van der Waals surface area (Å²) in [5.41, 5.74) is 6.73. The molecule has 1 aromatic rings. The number of hydrogen-bond acceptors (Lipinski definition) is 4. The number of alkyl halides is 2. The lowest BCUT2D eigenvalue weighted by Crippen LogP contribution is -2.54. The normalized spacial score (nSPS) is 37.9. The zero-order valence-corrected chi connectivity index (χ0v) is 17.1. The maximum atomic E-state index is 13.4. The Labute approximate surface area is 172 Å². The third-order valence-electron chi connectivity index (χ3n) is 7.66. The van der Waals surface area contributed by atoms with Gasteiger partial charge < -0.3 is 10.5 Å². The van der Waals surface area contributed by atoms with Gasteiger partial charge in [0.25, 0.3) is 0 Å². The number of nitrogens with two attached hydrogens (primary N) is 1. The standard InChI is InChI=1S/C23H31F2N3O/c1-23-9-8-16(22(24)25)11-17(23)12-20(28-10-2-3-18(27)14-28)21(23)29-19-6-4-15(13-26)5-7-19/h4-7,16-18,20-22H,2-3,8-12,14,27H2,1H3/t16-,17-,18+,20+,21-,23-/m0/s1. The average Bonchev–Trinajstić information content (AvgIpc) is 3.00. The van der Waals surface area contributed by atoms with E-state index in [1.165, 1.54) is 0 Å². The van der Waals surface area contributed by atoms with Crippen molar-refractivity contribution in [1.29, 1.82) is 5.26 Å². The summed E-state index contributed by atoms with van der Waals surface area (Å²) < 4.78 is 33.4. The first-order chi connectivity index (χ1) is 13.9. The molecule has 3 fully saturated rings. The van der Waals surface area contributed by atoms with Crippen LogP contribution in [0.1, 0.15) is 51.0 Å². The van der Waals surface area contributed by atoms with E-state index >= 15 is 0 Å². The van der Waals surface area contributed by atoms with Crippen molar-refractivity contribution >= 4 is 0 Å². The van der Waals surface area contributed by atoms with Gasteiger partial charge in [0.1, 0.15) is 11.9 Å². The highest BCUT2D eigenvalue weighted by atomic mass is 19.3. The largest absolute Gasteiger partial charge is 0.488 e. The van der Waals surface area contributed by atoms with Crippen LogP contribution in [0, 0.1) is 28.6 Å². The minimum absolute atomic E-state index is 0.0515. The molecule has 3 aliphatic rings. The predicted molar refractivity (Wildman–Crippen MR) is 108 cm³/mol. The van der Waals surface area contributed by atoms with Crippen LogP contribution in [0.3, 0.4) is 0 Å². The van der Waals surface area contributed by atoms with E-state index in [0.717, 1.165) is 44.5 Å². The van der Waals surface area contributed by atoms with Crippen LogP contribution in [0.25, 0.3) is 0 Å². The van der Waals surface area contributed by atoms with Gasteiger partial charge in [0, 0.05) is 30.0 Å². The molecular weight excluding hydrogens is 372 g/mol. The Hall–Kier alpha value is -1.71. The number of halogens is 2. The smallest absolute Gasteiger partial charge is 0.241 e. The zero-order valence-electron chi connectivity index (χ0n) is 17.1. The fraction of sp³-hybridized carbons (Fsp3) is 0.696. The van der Waals surface area contributed by atoms with Gasteiger partial charge in [-0.25, -0.2) is 8.78 Å². The summed E-state index contributed by atoms with van der Waals surface area (Å²) in [6.45, 7) is 4.07. The third-order valence-corrected chi connectivity index (χ3v) is 7.66. The summed E-state index contributed by atoms with van der Waals surface area (Å²) in [6.07, 6.45) is 2.63. The molecule has 2 aliphatic carbocycles. The summed E-state index contributed by atoms with van der Waals surface area (Å²) in [6, 6.07) is 9.73. The van der Waals surface area contributed by atoms with E-state index in [9.17, 15) is 8.78 Å². The van der Waals surface area contributed by atoms with Crippen molar-refractivity contribution in [3.63, 3.8) is 0 Å². The minimum Gasteiger partial charge on any atom is -0.488 e. The first kappa shape index (κ1) is 20.6. The van der Waals surface area contributed by atoms with Gasteiger partial charge in [-0.05, 0) is 75.3 Å². The van der Waals surface area contributed by atoms with Crippen LogP contribution in [0.5, 0.6) is 5.75 Å². The van der Waals surface area contributed by atoms with Crippen molar-refractivity contribution in [2.45, 2.75) is 70.1 Å². The highest BCUT2D eigenvalue weighted by Gasteiger charge is 2.57. The Balaban J connectivity index is 1.60. The molecule has 6 heteroatoms. The molecule has 158 valence electrons. The molecule has 1 aliphatic heterocycles. The summed E-state index contributed by atoms with van der Waals surface area (Å²) in [5, 5.41) is 9.04. The van der Waals surface area contributed by atoms with Gasteiger partial charge in [-0.2, -0.15) is 5.26 Å². The molecule has 1 saturated heterocycles. The Morgan fingerprint density at radius 2 is 2.00 bits per heavy atom. The fourth-order valence-electron chi connectivity index (χ4n) is 5.93. The highest BCUT2D eigenvalue weighted by molar-refractivity contribution is 5.35. The van der Waals surface area contributed by atoms with Crippen LogP contribution in [-0.2, 0) is 0 Å². The fourth-order valence-corrected chi connectivity index (χ4v) is 5.93. The number of nitriles is 1. The molecule has 2 N–H and O–H groups in total. The van der Waals surface area contributed by atoms with Crippen molar-refractivity contribution < 1.29 is 13.5 Å². The number of benzene rings is 1. The van der Waals surface area contributed by atoms with E-state index in [-0.39, 0.29) is 29.5 Å². The third kappa shape index (κ3) is 4.00. The molecule has 4 rings (SSSR count). The van der Waals surface area contributed by atoms with E-state index < -0.39 is 12.3 Å². The van der Waals surface area contributed by atoms with Gasteiger partial charge in [0.15, 0.2) is 0 Å². The summed E-state index contributed by atoms with van der Waals surface area (Å²) >= 11 is 0. The van der Waals surface area contributed by atoms with Gasteiger partial charge >= 0.3 is 0 Å². The molecule has 29 heavy (non-hydrogen) atoms. The molecule has 0 spiro atoms. The molecule has 1 aromatic carbocycles. The lowest BCUT2D eigenvalue weighted by Gasteiger charge is -2.44. The quantitative estimate of drug-likeness (QED) is 0.819. The molecule has 0 radical (unpaired) electrons. The molecular formula is C23H31F2N3O.